The standard InChI is InChI=1S/C21H22ClN5O2/c1-2-23-21(25-17-11-12-28-18-6-4-3-5-16(17)18)24-13-19-26-20(27-29-19)14-7-9-15(22)10-8-14/h3-10,17H,2,11-13H2,1H3,(H2,23,24,25). The Balaban J connectivity index is 1.46. The van der Waals surface area contributed by atoms with Gasteiger partial charge in [-0.05, 0) is 37.3 Å². The van der Waals surface area contributed by atoms with Gasteiger partial charge in [0.1, 0.15) is 12.3 Å². The first-order chi connectivity index (χ1) is 14.2. The summed E-state index contributed by atoms with van der Waals surface area (Å²) in [5.41, 5.74) is 1.98. The fourth-order valence-corrected chi connectivity index (χ4v) is 3.29. The third-order valence-electron chi connectivity index (χ3n) is 4.56. The molecule has 2 N–H and O–H groups in total. The molecule has 0 saturated carbocycles. The van der Waals surface area contributed by atoms with E-state index in [-0.39, 0.29) is 12.6 Å². The van der Waals surface area contributed by atoms with Gasteiger partial charge in [-0.2, -0.15) is 4.98 Å². The van der Waals surface area contributed by atoms with Gasteiger partial charge in [-0.3, -0.25) is 0 Å². The van der Waals surface area contributed by atoms with Crippen LogP contribution in [0.2, 0.25) is 5.02 Å². The van der Waals surface area contributed by atoms with Crippen molar-refractivity contribution in [3.63, 3.8) is 0 Å². The van der Waals surface area contributed by atoms with Crippen molar-refractivity contribution in [3.8, 4) is 17.1 Å². The minimum Gasteiger partial charge on any atom is -0.493 e. The van der Waals surface area contributed by atoms with E-state index < -0.39 is 0 Å². The Morgan fingerprint density at radius 1 is 1.21 bits per heavy atom. The molecule has 1 unspecified atom stereocenters. The lowest BCUT2D eigenvalue weighted by atomic mass is 10.0. The predicted octanol–water partition coefficient (Wildman–Crippen LogP) is 3.97. The van der Waals surface area contributed by atoms with Crippen LogP contribution in [0.4, 0.5) is 0 Å². The van der Waals surface area contributed by atoms with Gasteiger partial charge in [0.15, 0.2) is 5.96 Å². The predicted molar refractivity (Wildman–Crippen MR) is 112 cm³/mol. The number of rotatable bonds is 5. The van der Waals surface area contributed by atoms with E-state index in [0.717, 1.165) is 29.8 Å². The Labute approximate surface area is 174 Å². The zero-order valence-electron chi connectivity index (χ0n) is 16.1. The molecule has 1 aromatic heterocycles. The van der Waals surface area contributed by atoms with Crippen molar-refractivity contribution in [2.75, 3.05) is 13.2 Å². The second-order valence-corrected chi connectivity index (χ2v) is 7.02. The smallest absolute Gasteiger partial charge is 0.248 e. The fourth-order valence-electron chi connectivity index (χ4n) is 3.16. The third-order valence-corrected chi connectivity index (χ3v) is 4.81. The molecule has 2 heterocycles. The molecule has 0 bridgehead atoms. The van der Waals surface area contributed by atoms with Gasteiger partial charge in [0.05, 0.1) is 12.6 Å². The first-order valence-corrected chi connectivity index (χ1v) is 9.96. The van der Waals surface area contributed by atoms with Crippen LogP contribution in [-0.2, 0) is 6.54 Å². The Morgan fingerprint density at radius 3 is 2.86 bits per heavy atom. The molecule has 2 aromatic carbocycles. The molecule has 0 radical (unpaired) electrons. The summed E-state index contributed by atoms with van der Waals surface area (Å²) in [5.74, 6) is 2.57. The van der Waals surface area contributed by atoms with E-state index in [0.29, 0.717) is 29.3 Å². The molecule has 0 saturated heterocycles. The number of hydrogen-bond acceptors (Lipinski definition) is 5. The summed E-state index contributed by atoms with van der Waals surface area (Å²) in [4.78, 5) is 9.03. The van der Waals surface area contributed by atoms with Crippen LogP contribution in [0.3, 0.4) is 0 Å². The van der Waals surface area contributed by atoms with Crippen molar-refractivity contribution in [1.82, 2.24) is 20.8 Å². The minimum absolute atomic E-state index is 0.130. The van der Waals surface area contributed by atoms with E-state index in [2.05, 4.69) is 31.8 Å². The van der Waals surface area contributed by atoms with E-state index in [4.69, 9.17) is 20.9 Å². The lowest BCUT2D eigenvalue weighted by Crippen LogP contribution is -2.41. The van der Waals surface area contributed by atoms with E-state index >= 15 is 0 Å². The zero-order valence-corrected chi connectivity index (χ0v) is 16.8. The number of nitrogens with zero attached hydrogens (tertiary/aromatic N) is 3. The van der Waals surface area contributed by atoms with Gasteiger partial charge in [0, 0.05) is 29.1 Å². The maximum Gasteiger partial charge on any atom is 0.248 e. The molecule has 150 valence electrons. The second kappa shape index (κ2) is 8.96. The van der Waals surface area contributed by atoms with E-state index in [1.807, 2.05) is 37.3 Å². The van der Waals surface area contributed by atoms with Gasteiger partial charge >= 0.3 is 0 Å². The Kier molecular flexibility index (Phi) is 5.95. The first kappa shape index (κ1) is 19.3. The van der Waals surface area contributed by atoms with Crippen molar-refractivity contribution in [2.45, 2.75) is 25.9 Å². The highest BCUT2D eigenvalue weighted by atomic mass is 35.5. The molecule has 0 aliphatic carbocycles. The number of aromatic nitrogens is 2. The molecule has 0 amide bonds. The molecule has 29 heavy (non-hydrogen) atoms. The van der Waals surface area contributed by atoms with Crippen LogP contribution < -0.4 is 15.4 Å². The summed E-state index contributed by atoms with van der Waals surface area (Å²) in [6, 6.07) is 15.5. The summed E-state index contributed by atoms with van der Waals surface area (Å²) in [7, 11) is 0. The number of halogens is 1. The molecule has 7 nitrogen and oxygen atoms in total. The van der Waals surface area contributed by atoms with Crippen LogP contribution in [0.25, 0.3) is 11.4 Å². The quantitative estimate of drug-likeness (QED) is 0.488. The van der Waals surface area contributed by atoms with Gasteiger partial charge in [-0.25, -0.2) is 4.99 Å². The van der Waals surface area contributed by atoms with Crippen molar-refractivity contribution in [3.05, 3.63) is 65.0 Å². The highest BCUT2D eigenvalue weighted by Crippen LogP contribution is 2.31. The zero-order chi connectivity index (χ0) is 20.1. The number of benzene rings is 2. The fraction of sp³-hybridized carbons (Fsp3) is 0.286. The van der Waals surface area contributed by atoms with Crippen LogP contribution in [-0.4, -0.2) is 29.3 Å². The SMILES string of the molecule is CCNC(=NCc1nc(-c2ccc(Cl)cc2)no1)NC1CCOc2ccccc21. The average molecular weight is 412 g/mol. The Morgan fingerprint density at radius 2 is 2.03 bits per heavy atom. The molecular formula is C21H22ClN5O2. The molecule has 1 aliphatic heterocycles. The number of ether oxygens (including phenoxy) is 1. The topological polar surface area (TPSA) is 84.6 Å². The van der Waals surface area contributed by atoms with E-state index in [1.54, 1.807) is 12.1 Å². The molecule has 0 spiro atoms. The van der Waals surface area contributed by atoms with Gasteiger partial charge in [-0.1, -0.05) is 35.0 Å². The number of aliphatic imine (C=N–C) groups is 1. The Hall–Kier alpha value is -3.06. The van der Waals surface area contributed by atoms with Gasteiger partial charge < -0.3 is 19.9 Å². The normalized spacial score (nSPS) is 16.1. The lowest BCUT2D eigenvalue weighted by molar-refractivity contribution is 0.261. The van der Waals surface area contributed by atoms with Crippen molar-refractivity contribution < 1.29 is 9.26 Å². The monoisotopic (exact) mass is 411 g/mol. The molecule has 0 fully saturated rings. The maximum atomic E-state index is 5.93. The molecule has 1 aliphatic rings. The van der Waals surface area contributed by atoms with Crippen LogP contribution in [0.1, 0.15) is 30.8 Å². The number of guanidine groups is 1. The number of para-hydroxylation sites is 1. The minimum atomic E-state index is 0.130. The van der Waals surface area contributed by atoms with E-state index in [1.165, 1.54) is 0 Å². The molecular weight excluding hydrogens is 390 g/mol. The number of fused-ring (bicyclic) bond motifs is 1. The summed E-state index contributed by atoms with van der Waals surface area (Å²) >= 11 is 5.93. The Bertz CT molecular complexity index is 987. The highest BCUT2D eigenvalue weighted by Gasteiger charge is 2.22. The van der Waals surface area contributed by atoms with Crippen LogP contribution in [0, 0.1) is 0 Å². The summed E-state index contributed by atoms with van der Waals surface area (Å²) in [6.07, 6.45) is 0.864. The van der Waals surface area contributed by atoms with Crippen LogP contribution in [0.15, 0.2) is 58.0 Å². The van der Waals surface area contributed by atoms with Crippen LogP contribution >= 0.6 is 11.6 Å². The van der Waals surface area contributed by atoms with Gasteiger partial charge in [0.25, 0.3) is 0 Å². The highest BCUT2D eigenvalue weighted by molar-refractivity contribution is 6.30. The van der Waals surface area contributed by atoms with Crippen molar-refractivity contribution >= 4 is 17.6 Å². The van der Waals surface area contributed by atoms with Crippen LogP contribution in [0.5, 0.6) is 5.75 Å². The second-order valence-electron chi connectivity index (χ2n) is 6.59. The van der Waals surface area contributed by atoms with Crippen molar-refractivity contribution in [2.24, 2.45) is 4.99 Å². The average Bonchev–Trinajstić information content (AvgIpc) is 3.22. The van der Waals surface area contributed by atoms with Gasteiger partial charge in [0.2, 0.25) is 11.7 Å². The summed E-state index contributed by atoms with van der Waals surface area (Å²) < 4.78 is 11.1. The number of nitrogens with one attached hydrogen (secondary N) is 2. The molecule has 8 heteroatoms. The third kappa shape index (κ3) is 4.68. The van der Waals surface area contributed by atoms with E-state index in [9.17, 15) is 0 Å². The summed E-state index contributed by atoms with van der Waals surface area (Å²) in [6.45, 7) is 3.72. The number of hydrogen-bond donors (Lipinski definition) is 2. The first-order valence-electron chi connectivity index (χ1n) is 9.58. The largest absolute Gasteiger partial charge is 0.493 e. The lowest BCUT2D eigenvalue weighted by Gasteiger charge is -2.28. The molecule has 3 aromatic rings. The van der Waals surface area contributed by atoms with Gasteiger partial charge in [-0.15, -0.1) is 0 Å². The van der Waals surface area contributed by atoms with Crippen molar-refractivity contribution in [1.29, 1.82) is 0 Å². The summed E-state index contributed by atoms with van der Waals surface area (Å²) in [5, 5.41) is 11.4. The molecule has 4 rings (SSSR count). The molecule has 1 atom stereocenters. The maximum absolute atomic E-state index is 5.93.